The van der Waals surface area contributed by atoms with Crippen molar-refractivity contribution in [2.45, 2.75) is 10.8 Å². The topological polar surface area (TPSA) is 140 Å². The molecule has 192 valence electrons. The van der Waals surface area contributed by atoms with Gasteiger partial charge in [-0.15, -0.1) is 16.8 Å². The number of amides is 1. The molecule has 0 saturated carbocycles. The van der Waals surface area contributed by atoms with Crippen molar-refractivity contribution < 1.29 is 27.4 Å². The SMILES string of the molecule is C=CCc1ccc(OCCOc2ccc(C=C(C#N)C(=O)Nc3nnc(S(C)(=O)=O)s3)cc2)c(OC)c1. The Labute approximate surface area is 218 Å². The summed E-state index contributed by atoms with van der Waals surface area (Å²) in [5.74, 6) is 1.10. The van der Waals surface area contributed by atoms with Gasteiger partial charge in [-0.25, -0.2) is 8.42 Å². The number of rotatable bonds is 12. The van der Waals surface area contributed by atoms with Crippen LogP contribution >= 0.6 is 11.3 Å². The summed E-state index contributed by atoms with van der Waals surface area (Å²) in [6.07, 6.45) is 4.93. The molecule has 0 bridgehead atoms. The number of allylic oxidation sites excluding steroid dienone is 1. The molecule has 3 aromatic rings. The number of aromatic nitrogens is 2. The first kappa shape index (κ1) is 27.4. The number of hydrogen-bond acceptors (Lipinski definition) is 10. The van der Waals surface area contributed by atoms with Crippen LogP contribution in [0.5, 0.6) is 17.2 Å². The minimum atomic E-state index is -3.54. The van der Waals surface area contributed by atoms with Gasteiger partial charge >= 0.3 is 0 Å². The number of ether oxygens (including phenoxy) is 3. The van der Waals surface area contributed by atoms with Gasteiger partial charge in [0, 0.05) is 6.26 Å². The highest BCUT2D eigenvalue weighted by atomic mass is 32.2. The van der Waals surface area contributed by atoms with E-state index in [1.54, 1.807) is 31.4 Å². The van der Waals surface area contributed by atoms with Gasteiger partial charge in [-0.05, 0) is 47.9 Å². The first-order valence-electron chi connectivity index (χ1n) is 10.8. The van der Waals surface area contributed by atoms with Crippen LogP contribution in [0.25, 0.3) is 6.08 Å². The zero-order valence-corrected chi connectivity index (χ0v) is 21.8. The third kappa shape index (κ3) is 7.89. The van der Waals surface area contributed by atoms with Gasteiger partial charge in [0.25, 0.3) is 5.91 Å². The van der Waals surface area contributed by atoms with Crippen molar-refractivity contribution >= 4 is 38.3 Å². The Hall–Kier alpha value is -4.21. The zero-order valence-electron chi connectivity index (χ0n) is 20.1. The minimum Gasteiger partial charge on any atom is -0.493 e. The maximum atomic E-state index is 12.4. The van der Waals surface area contributed by atoms with Crippen LogP contribution in [-0.4, -0.2) is 51.1 Å². The van der Waals surface area contributed by atoms with Crippen molar-refractivity contribution in [2.75, 3.05) is 31.9 Å². The van der Waals surface area contributed by atoms with Crippen molar-refractivity contribution in [2.24, 2.45) is 0 Å². The van der Waals surface area contributed by atoms with E-state index in [1.807, 2.05) is 30.3 Å². The van der Waals surface area contributed by atoms with Crippen LogP contribution in [0.15, 0.2) is 65.0 Å². The first-order valence-corrected chi connectivity index (χ1v) is 13.5. The molecular weight excluding hydrogens is 516 g/mol. The molecule has 0 unspecified atom stereocenters. The van der Waals surface area contributed by atoms with Gasteiger partial charge in [0.1, 0.15) is 30.6 Å². The highest BCUT2D eigenvalue weighted by Crippen LogP contribution is 2.28. The predicted molar refractivity (Wildman–Crippen MR) is 140 cm³/mol. The van der Waals surface area contributed by atoms with Gasteiger partial charge < -0.3 is 14.2 Å². The highest BCUT2D eigenvalue weighted by molar-refractivity contribution is 7.92. The minimum absolute atomic E-state index is 0.0251. The zero-order chi connectivity index (χ0) is 26.8. The van der Waals surface area contributed by atoms with E-state index in [1.165, 1.54) is 6.08 Å². The number of nitrogens with zero attached hydrogens (tertiary/aromatic N) is 3. The number of nitrogens with one attached hydrogen (secondary N) is 1. The second kappa shape index (κ2) is 12.7. The fourth-order valence-electron chi connectivity index (χ4n) is 2.99. The smallest absolute Gasteiger partial charge is 0.268 e. The van der Waals surface area contributed by atoms with Gasteiger partial charge in [0.05, 0.1) is 7.11 Å². The van der Waals surface area contributed by atoms with Crippen molar-refractivity contribution in [1.29, 1.82) is 5.26 Å². The summed E-state index contributed by atoms with van der Waals surface area (Å²) in [5, 5.41) is 18.9. The normalized spacial score (nSPS) is 11.3. The van der Waals surface area contributed by atoms with Gasteiger partial charge in [-0.2, -0.15) is 5.26 Å². The molecule has 0 aliphatic rings. The number of methoxy groups -OCH3 is 1. The quantitative estimate of drug-likeness (QED) is 0.120. The molecule has 0 spiro atoms. The van der Waals surface area contributed by atoms with Crippen LogP contribution in [0, 0.1) is 11.3 Å². The van der Waals surface area contributed by atoms with E-state index in [-0.39, 0.29) is 21.7 Å². The van der Waals surface area contributed by atoms with Crippen LogP contribution in [0.4, 0.5) is 5.13 Å². The van der Waals surface area contributed by atoms with Crippen LogP contribution in [-0.2, 0) is 21.1 Å². The number of anilines is 1. The van der Waals surface area contributed by atoms with Gasteiger partial charge in [-0.3, -0.25) is 10.1 Å². The first-order chi connectivity index (χ1) is 17.7. The Bertz CT molecular complexity index is 1440. The second-order valence-corrected chi connectivity index (χ2v) is 10.7. The molecule has 0 saturated heterocycles. The van der Waals surface area contributed by atoms with Crippen molar-refractivity contribution in [1.82, 2.24) is 10.2 Å². The molecule has 1 N–H and O–H groups in total. The standard InChI is InChI=1S/C25H24N4O6S2/c1-4-5-17-8-11-21(22(15-17)33-2)35-13-12-34-20-9-6-18(7-10-20)14-19(16-26)23(30)27-24-28-29-25(36-24)37(3,31)32/h4,6-11,14-15H,1,5,12-13H2,2-3H3,(H,27,28,30). The van der Waals surface area contributed by atoms with Gasteiger partial charge in [-0.1, -0.05) is 35.6 Å². The molecule has 10 nitrogen and oxygen atoms in total. The highest BCUT2D eigenvalue weighted by Gasteiger charge is 2.17. The Kier molecular flexibility index (Phi) is 9.37. The molecule has 37 heavy (non-hydrogen) atoms. The maximum absolute atomic E-state index is 12.4. The largest absolute Gasteiger partial charge is 0.493 e. The van der Waals surface area contributed by atoms with Crippen LogP contribution in [0.2, 0.25) is 0 Å². The molecule has 0 atom stereocenters. The lowest BCUT2D eigenvalue weighted by Gasteiger charge is -2.12. The van der Waals surface area contributed by atoms with E-state index in [2.05, 4.69) is 22.1 Å². The van der Waals surface area contributed by atoms with Crippen LogP contribution in [0.3, 0.4) is 0 Å². The molecule has 0 fully saturated rings. The third-order valence-electron chi connectivity index (χ3n) is 4.72. The molecule has 2 aromatic carbocycles. The number of carbonyl (C=O) groups excluding carboxylic acids is 1. The van der Waals surface area contributed by atoms with E-state index < -0.39 is 15.7 Å². The maximum Gasteiger partial charge on any atom is 0.268 e. The predicted octanol–water partition coefficient (Wildman–Crippen LogP) is 3.68. The Morgan fingerprint density at radius 1 is 1.14 bits per heavy atom. The van der Waals surface area contributed by atoms with E-state index in [0.29, 0.717) is 40.8 Å². The number of benzene rings is 2. The third-order valence-corrected chi connectivity index (χ3v) is 7.23. The lowest BCUT2D eigenvalue weighted by atomic mass is 10.1. The Balaban J connectivity index is 1.54. The van der Waals surface area contributed by atoms with Gasteiger partial charge in [0.2, 0.25) is 19.3 Å². The molecule has 12 heteroatoms. The summed E-state index contributed by atoms with van der Waals surface area (Å²) < 4.78 is 39.6. The average molecular weight is 541 g/mol. The van der Waals surface area contributed by atoms with Crippen molar-refractivity contribution in [3.05, 3.63) is 71.8 Å². The fraction of sp³-hybridized carbons (Fsp3) is 0.200. The molecule has 1 amide bonds. The number of hydrogen-bond donors (Lipinski definition) is 1. The molecule has 0 aliphatic heterocycles. The van der Waals surface area contributed by atoms with E-state index >= 15 is 0 Å². The fourth-order valence-corrected chi connectivity index (χ4v) is 4.49. The summed E-state index contributed by atoms with van der Waals surface area (Å²) in [5.41, 5.74) is 1.47. The number of sulfone groups is 1. The molecule has 3 rings (SSSR count). The summed E-state index contributed by atoms with van der Waals surface area (Å²) in [7, 11) is -1.96. The van der Waals surface area contributed by atoms with Crippen molar-refractivity contribution in [3.8, 4) is 23.3 Å². The van der Waals surface area contributed by atoms with E-state index in [9.17, 15) is 18.5 Å². The second-order valence-electron chi connectivity index (χ2n) is 7.51. The molecule has 0 aliphatic carbocycles. The monoisotopic (exact) mass is 540 g/mol. The Morgan fingerprint density at radius 3 is 2.49 bits per heavy atom. The number of carbonyl (C=O) groups is 1. The number of nitriles is 1. The summed E-state index contributed by atoms with van der Waals surface area (Å²) in [6, 6.07) is 14.3. The van der Waals surface area contributed by atoms with Crippen LogP contribution < -0.4 is 19.5 Å². The van der Waals surface area contributed by atoms with Crippen LogP contribution in [0.1, 0.15) is 11.1 Å². The molecular formula is C25H24N4O6S2. The van der Waals surface area contributed by atoms with E-state index in [0.717, 1.165) is 18.2 Å². The molecule has 0 radical (unpaired) electrons. The Morgan fingerprint density at radius 2 is 1.86 bits per heavy atom. The average Bonchev–Trinajstić information content (AvgIpc) is 3.36. The van der Waals surface area contributed by atoms with E-state index in [4.69, 9.17) is 14.2 Å². The lowest BCUT2D eigenvalue weighted by molar-refractivity contribution is -0.112. The lowest BCUT2D eigenvalue weighted by Crippen LogP contribution is -2.13. The molecule has 1 aromatic heterocycles. The summed E-state index contributed by atoms with van der Waals surface area (Å²) in [6.45, 7) is 4.32. The molecule has 1 heterocycles. The summed E-state index contributed by atoms with van der Waals surface area (Å²) >= 11 is 0.701. The summed E-state index contributed by atoms with van der Waals surface area (Å²) in [4.78, 5) is 12.4. The van der Waals surface area contributed by atoms with Gasteiger partial charge in [0.15, 0.2) is 11.5 Å². The van der Waals surface area contributed by atoms with Crippen molar-refractivity contribution in [3.63, 3.8) is 0 Å².